The molecule has 0 spiro atoms. The molecule has 0 amide bonds. The van der Waals surface area contributed by atoms with Gasteiger partial charge in [0.1, 0.15) is 11.6 Å². The maximum Gasteiger partial charge on any atom is 0.129 e. The third kappa shape index (κ3) is 3.44. The summed E-state index contributed by atoms with van der Waals surface area (Å²) in [6, 6.07) is 3.73. The van der Waals surface area contributed by atoms with E-state index in [0.717, 1.165) is 24.8 Å². The molecule has 0 N–H and O–H groups in total. The van der Waals surface area contributed by atoms with Crippen molar-refractivity contribution in [1.82, 2.24) is 0 Å². The van der Waals surface area contributed by atoms with Crippen LogP contribution in [0.25, 0.3) is 0 Å². The van der Waals surface area contributed by atoms with Crippen LogP contribution in [0, 0.1) is 23.5 Å². The first-order valence-corrected chi connectivity index (χ1v) is 7.08. The van der Waals surface area contributed by atoms with Crippen molar-refractivity contribution in [3.8, 4) is 0 Å². The molecule has 0 saturated heterocycles. The van der Waals surface area contributed by atoms with Gasteiger partial charge in [0.25, 0.3) is 0 Å². The number of hydrogen-bond donors (Lipinski definition) is 0. The molecule has 100 valence electrons. The zero-order valence-corrected chi connectivity index (χ0v) is 11.4. The highest BCUT2D eigenvalue weighted by molar-refractivity contribution is 6.20. The van der Waals surface area contributed by atoms with Crippen molar-refractivity contribution in [3.05, 3.63) is 35.4 Å². The summed E-state index contributed by atoms with van der Waals surface area (Å²) in [6.45, 7) is 2.26. The molecule has 1 atom stereocenters. The summed E-state index contributed by atoms with van der Waals surface area (Å²) < 4.78 is 26.4. The van der Waals surface area contributed by atoms with Gasteiger partial charge in [-0.1, -0.05) is 25.8 Å². The lowest BCUT2D eigenvalue weighted by Crippen LogP contribution is -2.23. The first-order valence-electron chi connectivity index (χ1n) is 6.64. The van der Waals surface area contributed by atoms with Crippen LogP contribution in [0.5, 0.6) is 0 Å². The molecule has 18 heavy (non-hydrogen) atoms. The Hall–Kier alpha value is -0.630. The van der Waals surface area contributed by atoms with E-state index in [0.29, 0.717) is 17.9 Å². The molecular formula is C15H19ClF2. The third-order valence-electron chi connectivity index (χ3n) is 4.00. The molecule has 0 aromatic heterocycles. The van der Waals surface area contributed by atoms with Gasteiger partial charge in [0.2, 0.25) is 0 Å². The van der Waals surface area contributed by atoms with Crippen LogP contribution in [0.2, 0.25) is 0 Å². The lowest BCUT2D eigenvalue weighted by molar-refractivity contribution is 0.280. The van der Waals surface area contributed by atoms with E-state index in [2.05, 4.69) is 6.92 Å². The van der Waals surface area contributed by atoms with Crippen molar-refractivity contribution >= 4 is 11.6 Å². The zero-order valence-electron chi connectivity index (χ0n) is 10.6. The number of alkyl halides is 1. The first kappa shape index (κ1) is 13.8. The highest BCUT2D eigenvalue weighted by Crippen LogP contribution is 2.34. The minimum Gasteiger partial charge on any atom is -0.207 e. The fraction of sp³-hybridized carbons (Fsp3) is 0.600. The van der Waals surface area contributed by atoms with E-state index >= 15 is 0 Å². The summed E-state index contributed by atoms with van der Waals surface area (Å²) >= 11 is 6.39. The molecule has 0 radical (unpaired) electrons. The van der Waals surface area contributed by atoms with Gasteiger partial charge in [-0.2, -0.15) is 0 Å². The number of halogens is 3. The van der Waals surface area contributed by atoms with Gasteiger partial charge in [0.15, 0.2) is 0 Å². The Morgan fingerprint density at radius 2 is 1.89 bits per heavy atom. The second-order valence-corrected chi connectivity index (χ2v) is 6.04. The molecule has 1 aliphatic carbocycles. The van der Waals surface area contributed by atoms with Crippen molar-refractivity contribution in [3.63, 3.8) is 0 Å². The predicted molar refractivity (Wildman–Crippen MR) is 70.8 cm³/mol. The van der Waals surface area contributed by atoms with Crippen LogP contribution in [-0.4, -0.2) is 5.38 Å². The van der Waals surface area contributed by atoms with Crippen LogP contribution in [0.1, 0.15) is 38.2 Å². The topological polar surface area (TPSA) is 0 Å². The van der Waals surface area contributed by atoms with Crippen LogP contribution in [-0.2, 0) is 6.42 Å². The highest BCUT2D eigenvalue weighted by Gasteiger charge is 2.25. The van der Waals surface area contributed by atoms with Crippen molar-refractivity contribution in [2.45, 2.75) is 44.4 Å². The average molecular weight is 273 g/mol. The minimum absolute atomic E-state index is 0.0440. The molecule has 0 aliphatic heterocycles. The highest BCUT2D eigenvalue weighted by atomic mass is 35.5. The molecule has 0 heterocycles. The van der Waals surface area contributed by atoms with E-state index in [-0.39, 0.29) is 5.38 Å². The summed E-state index contributed by atoms with van der Waals surface area (Å²) in [7, 11) is 0. The molecule has 1 aliphatic rings. The Labute approximate surface area is 112 Å². The Kier molecular flexibility index (Phi) is 4.60. The molecule has 1 aromatic carbocycles. The van der Waals surface area contributed by atoms with Crippen molar-refractivity contribution in [2.75, 3.05) is 0 Å². The van der Waals surface area contributed by atoms with Crippen molar-refractivity contribution in [2.24, 2.45) is 11.8 Å². The van der Waals surface area contributed by atoms with E-state index < -0.39 is 11.6 Å². The van der Waals surface area contributed by atoms with Gasteiger partial charge in [0.05, 0.1) is 0 Å². The fourth-order valence-electron chi connectivity index (χ4n) is 2.71. The van der Waals surface area contributed by atoms with E-state index in [9.17, 15) is 8.78 Å². The lowest BCUT2D eigenvalue weighted by atomic mass is 9.80. The van der Waals surface area contributed by atoms with Crippen molar-refractivity contribution < 1.29 is 8.78 Å². The lowest BCUT2D eigenvalue weighted by Gasteiger charge is -2.29. The van der Waals surface area contributed by atoms with Gasteiger partial charge in [-0.15, -0.1) is 11.6 Å². The van der Waals surface area contributed by atoms with Gasteiger partial charge >= 0.3 is 0 Å². The first-order chi connectivity index (χ1) is 8.56. The summed E-state index contributed by atoms with van der Waals surface area (Å²) in [6.07, 6.45) is 5.16. The Balaban J connectivity index is 1.96. The molecule has 2 rings (SSSR count). The van der Waals surface area contributed by atoms with Gasteiger partial charge in [-0.05, 0) is 42.7 Å². The summed E-state index contributed by atoms with van der Waals surface area (Å²) in [4.78, 5) is 0. The number of hydrogen-bond acceptors (Lipinski definition) is 0. The minimum atomic E-state index is -0.533. The van der Waals surface area contributed by atoms with Crippen LogP contribution >= 0.6 is 11.6 Å². The predicted octanol–water partition coefficient (Wildman–Crippen LogP) is 4.94. The van der Waals surface area contributed by atoms with Gasteiger partial charge in [0, 0.05) is 11.4 Å². The molecule has 3 heteroatoms. The second-order valence-electron chi connectivity index (χ2n) is 5.48. The summed E-state index contributed by atoms with van der Waals surface area (Å²) in [5.41, 5.74) is 0.523. The fourth-order valence-corrected chi connectivity index (χ4v) is 3.13. The Bertz CT molecular complexity index is 397. The second kappa shape index (κ2) is 6.01. The van der Waals surface area contributed by atoms with E-state index in [4.69, 9.17) is 11.6 Å². The molecule has 1 aromatic rings. The van der Waals surface area contributed by atoms with Crippen LogP contribution in [0.3, 0.4) is 0 Å². The largest absolute Gasteiger partial charge is 0.207 e. The zero-order chi connectivity index (χ0) is 13.1. The quantitative estimate of drug-likeness (QED) is 0.684. The average Bonchev–Trinajstić information content (AvgIpc) is 2.33. The summed E-state index contributed by atoms with van der Waals surface area (Å²) in [5, 5.41) is -0.0440. The normalized spacial score (nSPS) is 26.0. The van der Waals surface area contributed by atoms with E-state index in [1.807, 2.05) is 0 Å². The third-order valence-corrected chi connectivity index (χ3v) is 4.51. The van der Waals surface area contributed by atoms with Crippen molar-refractivity contribution in [1.29, 1.82) is 0 Å². The van der Waals surface area contributed by atoms with Crippen LogP contribution in [0.4, 0.5) is 8.78 Å². The Morgan fingerprint density at radius 1 is 1.22 bits per heavy atom. The molecule has 0 bridgehead atoms. The summed E-state index contributed by atoms with van der Waals surface area (Å²) in [5.74, 6) is 0.235. The smallest absolute Gasteiger partial charge is 0.129 e. The standard InChI is InChI=1S/C15H19ClF2/c1-10-2-4-11(5-3-10)14(16)8-12-6-7-13(17)9-15(12)18/h6-7,9-11,14H,2-5,8H2,1H3. The SMILES string of the molecule is CC1CCC(C(Cl)Cc2ccc(F)cc2F)CC1. The Morgan fingerprint density at radius 3 is 2.50 bits per heavy atom. The maximum atomic E-state index is 13.5. The van der Waals surface area contributed by atoms with Crippen LogP contribution in [0.15, 0.2) is 18.2 Å². The molecule has 1 saturated carbocycles. The number of benzene rings is 1. The molecule has 1 unspecified atom stereocenters. The molecule has 1 fully saturated rings. The molecular weight excluding hydrogens is 254 g/mol. The van der Waals surface area contributed by atoms with Gasteiger partial charge in [-0.3, -0.25) is 0 Å². The van der Waals surface area contributed by atoms with E-state index in [1.165, 1.54) is 25.0 Å². The van der Waals surface area contributed by atoms with Crippen LogP contribution < -0.4 is 0 Å². The van der Waals surface area contributed by atoms with E-state index in [1.54, 1.807) is 0 Å². The monoisotopic (exact) mass is 272 g/mol. The number of rotatable bonds is 3. The molecule has 0 nitrogen and oxygen atoms in total. The van der Waals surface area contributed by atoms with Gasteiger partial charge in [-0.25, -0.2) is 8.78 Å². The maximum absolute atomic E-state index is 13.5. The van der Waals surface area contributed by atoms with Gasteiger partial charge < -0.3 is 0 Å².